The maximum atomic E-state index is 12.2. The molecule has 0 spiro atoms. The van der Waals surface area contributed by atoms with Crippen molar-refractivity contribution in [3.63, 3.8) is 0 Å². The first-order valence-corrected chi connectivity index (χ1v) is 8.04. The third kappa shape index (κ3) is 5.95. The summed E-state index contributed by atoms with van der Waals surface area (Å²) in [6.07, 6.45) is -6.97. The molecular formula is C14H14F3N3O5S. The lowest BCUT2D eigenvalue weighted by Crippen LogP contribution is -2.28. The fourth-order valence-electron chi connectivity index (χ4n) is 1.83. The largest absolute Gasteiger partial charge is 0.573 e. The van der Waals surface area contributed by atoms with Crippen molar-refractivity contribution in [1.29, 1.82) is 0 Å². The molecule has 0 aliphatic heterocycles. The number of amides is 2. The lowest BCUT2D eigenvalue weighted by Gasteiger charge is -2.15. The van der Waals surface area contributed by atoms with Crippen LogP contribution in [-0.2, 0) is 9.47 Å². The number of anilines is 1. The van der Waals surface area contributed by atoms with Gasteiger partial charge in [-0.25, -0.2) is 14.6 Å². The molecule has 0 bridgehead atoms. The van der Waals surface area contributed by atoms with Gasteiger partial charge in [-0.1, -0.05) is 18.3 Å². The Kier molecular flexibility index (Phi) is 6.08. The third-order valence-corrected chi connectivity index (χ3v) is 3.88. The van der Waals surface area contributed by atoms with Gasteiger partial charge in [0.1, 0.15) is 18.5 Å². The molecule has 1 unspecified atom stereocenters. The van der Waals surface area contributed by atoms with E-state index >= 15 is 0 Å². The quantitative estimate of drug-likeness (QED) is 0.775. The van der Waals surface area contributed by atoms with Crippen LogP contribution < -0.4 is 15.8 Å². The maximum absolute atomic E-state index is 12.2. The molecule has 0 saturated heterocycles. The summed E-state index contributed by atoms with van der Waals surface area (Å²) in [5, 5.41) is 2.49. The van der Waals surface area contributed by atoms with E-state index < -0.39 is 30.4 Å². The van der Waals surface area contributed by atoms with Gasteiger partial charge >= 0.3 is 18.5 Å². The topological polar surface area (TPSA) is 113 Å². The molecule has 8 nitrogen and oxygen atoms in total. The average molecular weight is 393 g/mol. The van der Waals surface area contributed by atoms with Gasteiger partial charge in [0.05, 0.1) is 10.2 Å². The monoisotopic (exact) mass is 393 g/mol. The van der Waals surface area contributed by atoms with Crippen LogP contribution in [0.1, 0.15) is 13.3 Å². The van der Waals surface area contributed by atoms with Gasteiger partial charge in [0.25, 0.3) is 0 Å². The number of hydrogen-bond donors (Lipinski definition) is 2. The molecule has 2 rings (SSSR count). The number of thiazole rings is 1. The first-order chi connectivity index (χ1) is 12.2. The molecule has 2 aromatic rings. The fourth-order valence-corrected chi connectivity index (χ4v) is 2.71. The van der Waals surface area contributed by atoms with Crippen LogP contribution in [-0.4, -0.2) is 36.2 Å². The Bertz CT molecular complexity index is 796. The van der Waals surface area contributed by atoms with Crippen molar-refractivity contribution in [3.05, 3.63) is 18.2 Å². The van der Waals surface area contributed by atoms with Crippen LogP contribution >= 0.6 is 11.3 Å². The minimum absolute atomic E-state index is 0.125. The molecule has 1 aromatic carbocycles. The van der Waals surface area contributed by atoms with Crippen molar-refractivity contribution >= 4 is 38.9 Å². The zero-order valence-electron chi connectivity index (χ0n) is 13.3. The summed E-state index contributed by atoms with van der Waals surface area (Å²) in [5.41, 5.74) is 5.22. The average Bonchev–Trinajstić information content (AvgIpc) is 2.90. The molecule has 2 amide bonds. The molecule has 142 valence electrons. The smallest absolute Gasteiger partial charge is 0.446 e. The van der Waals surface area contributed by atoms with Gasteiger partial charge in [0.2, 0.25) is 0 Å². The van der Waals surface area contributed by atoms with Crippen LogP contribution in [0.25, 0.3) is 10.2 Å². The highest BCUT2D eigenvalue weighted by atomic mass is 32.1. The van der Waals surface area contributed by atoms with Crippen LogP contribution in [0, 0.1) is 0 Å². The van der Waals surface area contributed by atoms with E-state index in [1.165, 1.54) is 6.07 Å². The Balaban J connectivity index is 2.01. The van der Waals surface area contributed by atoms with Gasteiger partial charge < -0.3 is 19.9 Å². The van der Waals surface area contributed by atoms with Crippen LogP contribution in [0.3, 0.4) is 0 Å². The van der Waals surface area contributed by atoms with Crippen molar-refractivity contribution in [2.45, 2.75) is 25.8 Å². The Morgan fingerprint density at radius 1 is 1.38 bits per heavy atom. The molecule has 1 atom stereocenters. The number of hydrogen-bond acceptors (Lipinski definition) is 7. The summed E-state index contributed by atoms with van der Waals surface area (Å²) >= 11 is 0.943. The number of primary amides is 1. The zero-order valence-corrected chi connectivity index (χ0v) is 14.1. The summed E-state index contributed by atoms with van der Waals surface area (Å²) in [6, 6.07) is 3.61. The second kappa shape index (κ2) is 8.08. The fraction of sp³-hybridized carbons (Fsp3) is 0.357. The van der Waals surface area contributed by atoms with Gasteiger partial charge in [-0.05, 0) is 18.6 Å². The Morgan fingerprint density at radius 2 is 2.12 bits per heavy atom. The SMILES string of the molecule is CCC(COC(N)=O)OC(=O)Nc1nc2ccc(OC(F)(F)F)cc2s1. The highest BCUT2D eigenvalue weighted by Crippen LogP contribution is 2.31. The van der Waals surface area contributed by atoms with Crippen molar-refractivity contribution in [2.24, 2.45) is 5.73 Å². The minimum atomic E-state index is -4.80. The standard InChI is InChI=1S/C14H14F3N3O5S/c1-2-7(6-23-11(18)21)24-13(22)20-12-19-9-4-3-8(5-10(9)26-12)25-14(15,16)17/h3-5,7H,2,6H2,1H3,(H2,18,21)(H,19,20,22). The molecule has 0 saturated carbocycles. The van der Waals surface area contributed by atoms with E-state index in [-0.39, 0.29) is 11.7 Å². The van der Waals surface area contributed by atoms with E-state index in [2.05, 4.69) is 19.8 Å². The number of fused-ring (bicyclic) bond motifs is 1. The van der Waals surface area contributed by atoms with Gasteiger partial charge in [0.15, 0.2) is 5.13 Å². The highest BCUT2D eigenvalue weighted by Gasteiger charge is 2.31. The Hall–Kier alpha value is -2.76. The van der Waals surface area contributed by atoms with Crippen LogP contribution in [0.15, 0.2) is 18.2 Å². The van der Waals surface area contributed by atoms with E-state index in [0.29, 0.717) is 16.6 Å². The molecular weight excluding hydrogens is 379 g/mol. The second-order valence-electron chi connectivity index (χ2n) is 4.89. The van der Waals surface area contributed by atoms with Crippen molar-refractivity contribution in [1.82, 2.24) is 4.98 Å². The second-order valence-corrected chi connectivity index (χ2v) is 5.92. The summed E-state index contributed by atoms with van der Waals surface area (Å²) in [7, 11) is 0. The normalized spacial score (nSPS) is 12.5. The molecule has 0 aliphatic carbocycles. The van der Waals surface area contributed by atoms with Gasteiger partial charge in [-0.3, -0.25) is 5.32 Å². The summed E-state index contributed by atoms with van der Waals surface area (Å²) in [6.45, 7) is 1.51. The molecule has 0 radical (unpaired) electrons. The first-order valence-electron chi connectivity index (χ1n) is 7.22. The highest BCUT2D eigenvalue weighted by molar-refractivity contribution is 7.22. The number of carbonyl (C=O) groups excluding carboxylic acids is 2. The number of benzene rings is 1. The third-order valence-electron chi connectivity index (χ3n) is 2.94. The number of alkyl halides is 3. The number of rotatable bonds is 6. The summed E-state index contributed by atoms with van der Waals surface area (Å²) in [4.78, 5) is 26.5. The van der Waals surface area contributed by atoms with Gasteiger partial charge in [0, 0.05) is 6.07 Å². The molecule has 1 aromatic heterocycles. The number of ether oxygens (including phenoxy) is 3. The first kappa shape index (κ1) is 19.6. The van der Waals surface area contributed by atoms with Crippen LogP contribution in [0.5, 0.6) is 5.75 Å². The lowest BCUT2D eigenvalue weighted by molar-refractivity contribution is -0.274. The summed E-state index contributed by atoms with van der Waals surface area (Å²) < 4.78 is 50.5. The molecule has 12 heteroatoms. The van der Waals surface area contributed by atoms with Crippen molar-refractivity contribution in [2.75, 3.05) is 11.9 Å². The number of nitrogens with zero attached hydrogens (tertiary/aromatic N) is 1. The van der Waals surface area contributed by atoms with E-state index in [9.17, 15) is 22.8 Å². The Labute approximate surface area is 149 Å². The Morgan fingerprint density at radius 3 is 2.73 bits per heavy atom. The number of carbonyl (C=O) groups is 2. The predicted molar refractivity (Wildman–Crippen MR) is 86.0 cm³/mol. The molecule has 0 fully saturated rings. The minimum Gasteiger partial charge on any atom is -0.446 e. The van der Waals surface area contributed by atoms with E-state index in [0.717, 1.165) is 23.5 Å². The van der Waals surface area contributed by atoms with Crippen LogP contribution in [0.4, 0.5) is 27.9 Å². The molecule has 1 heterocycles. The molecule has 26 heavy (non-hydrogen) atoms. The number of nitrogens with one attached hydrogen (secondary N) is 1. The van der Waals surface area contributed by atoms with E-state index in [1.54, 1.807) is 6.92 Å². The van der Waals surface area contributed by atoms with Crippen molar-refractivity contribution in [3.8, 4) is 5.75 Å². The number of halogens is 3. The van der Waals surface area contributed by atoms with Crippen molar-refractivity contribution < 1.29 is 37.0 Å². The zero-order chi connectivity index (χ0) is 19.3. The lowest BCUT2D eigenvalue weighted by atomic mass is 10.3. The van der Waals surface area contributed by atoms with Gasteiger partial charge in [-0.2, -0.15) is 0 Å². The van der Waals surface area contributed by atoms with Crippen LogP contribution in [0.2, 0.25) is 0 Å². The maximum Gasteiger partial charge on any atom is 0.573 e. The molecule has 0 aliphatic rings. The van der Waals surface area contributed by atoms with E-state index in [1.807, 2.05) is 0 Å². The summed E-state index contributed by atoms with van der Waals surface area (Å²) in [5.74, 6) is -0.391. The van der Waals surface area contributed by atoms with Gasteiger partial charge in [-0.15, -0.1) is 13.2 Å². The number of nitrogens with two attached hydrogens (primary N) is 1. The van der Waals surface area contributed by atoms with E-state index in [4.69, 9.17) is 10.5 Å². The predicted octanol–water partition coefficient (Wildman–Crippen LogP) is 3.62. The number of aromatic nitrogens is 1. The molecule has 3 N–H and O–H groups in total.